The Morgan fingerprint density at radius 3 is 2.67 bits per heavy atom. The molecule has 0 saturated carbocycles. The fourth-order valence-electron chi connectivity index (χ4n) is 1.92. The molecule has 0 aliphatic heterocycles. The van der Waals surface area contributed by atoms with Crippen molar-refractivity contribution in [1.82, 2.24) is 15.3 Å². The molecule has 0 fully saturated rings. The molecule has 1 amide bonds. The average Bonchev–Trinajstić information content (AvgIpc) is 2.55. The predicted octanol–water partition coefficient (Wildman–Crippen LogP) is 3.17. The number of halogens is 1. The molecule has 0 spiro atoms. The number of carbonyl (C=O) groups excluding carboxylic acids is 1. The molecule has 0 aliphatic rings. The number of nitro groups is 1. The van der Waals surface area contributed by atoms with Crippen LogP contribution in [0.2, 0.25) is 5.15 Å². The Kier molecular flexibility index (Phi) is 5.58. The van der Waals surface area contributed by atoms with Crippen molar-refractivity contribution in [2.45, 2.75) is 12.1 Å². The Morgan fingerprint density at radius 2 is 2.08 bits per heavy atom. The highest BCUT2D eigenvalue weighted by Crippen LogP contribution is 2.34. The first-order valence-electron chi connectivity index (χ1n) is 6.73. The van der Waals surface area contributed by atoms with E-state index in [9.17, 15) is 14.9 Å². The van der Waals surface area contributed by atoms with Gasteiger partial charge in [0.2, 0.25) is 11.0 Å². The third kappa shape index (κ3) is 3.74. The lowest BCUT2D eigenvalue weighted by atomic mass is 10.1. The number of thioether (sulfide) groups is 1. The zero-order chi connectivity index (χ0) is 17.9. The number of aryl methyl sites for hydroxylation is 1. The van der Waals surface area contributed by atoms with Crippen LogP contribution in [0.25, 0.3) is 0 Å². The van der Waals surface area contributed by atoms with Gasteiger partial charge in [0.1, 0.15) is 0 Å². The Labute approximate surface area is 147 Å². The number of amides is 1. The van der Waals surface area contributed by atoms with Gasteiger partial charge < -0.3 is 10.6 Å². The maximum absolute atomic E-state index is 11.8. The minimum atomic E-state index is -0.646. The number of aromatic nitrogens is 2. The zero-order valence-electron chi connectivity index (χ0n) is 13.1. The molecule has 0 radical (unpaired) electrons. The molecule has 10 heteroatoms. The normalized spacial score (nSPS) is 10.3. The maximum Gasteiger partial charge on any atom is 0.348 e. The van der Waals surface area contributed by atoms with Crippen LogP contribution in [0, 0.1) is 17.0 Å². The van der Waals surface area contributed by atoms with Gasteiger partial charge in [-0.25, -0.2) is 4.98 Å². The van der Waals surface area contributed by atoms with E-state index in [0.717, 1.165) is 5.56 Å². The second-order valence-corrected chi connectivity index (χ2v) is 5.82. The number of hydrogen-bond acceptors (Lipinski definition) is 7. The summed E-state index contributed by atoms with van der Waals surface area (Å²) in [5, 5.41) is 16.7. The van der Waals surface area contributed by atoms with E-state index in [4.69, 9.17) is 11.6 Å². The van der Waals surface area contributed by atoms with Gasteiger partial charge in [-0.2, -0.15) is 4.98 Å². The van der Waals surface area contributed by atoms with Crippen molar-refractivity contribution in [3.63, 3.8) is 0 Å². The highest BCUT2D eigenvalue weighted by Gasteiger charge is 2.24. The van der Waals surface area contributed by atoms with Crippen molar-refractivity contribution in [2.75, 3.05) is 18.6 Å². The number of rotatable bonds is 5. The standard InChI is InChI=1S/C14H14ClN5O3S/c1-7-4-5-8(13(21)16-2)6-9(7)17-12-10(20(22)23)11(15)18-14(19-12)24-3/h4-6H,1-3H3,(H,16,21)(H,17,18,19). The molecule has 1 aromatic carbocycles. The molecule has 2 rings (SSSR count). The largest absolute Gasteiger partial charge is 0.355 e. The molecule has 0 saturated heterocycles. The summed E-state index contributed by atoms with van der Waals surface area (Å²) < 4.78 is 0. The van der Waals surface area contributed by atoms with E-state index < -0.39 is 10.6 Å². The molecule has 0 atom stereocenters. The summed E-state index contributed by atoms with van der Waals surface area (Å²) in [5.41, 5.74) is 1.30. The van der Waals surface area contributed by atoms with E-state index in [1.54, 1.807) is 31.4 Å². The smallest absolute Gasteiger partial charge is 0.348 e. The van der Waals surface area contributed by atoms with Crippen molar-refractivity contribution in [3.05, 3.63) is 44.6 Å². The zero-order valence-corrected chi connectivity index (χ0v) is 14.7. The van der Waals surface area contributed by atoms with Crippen LogP contribution in [-0.2, 0) is 0 Å². The summed E-state index contributed by atoms with van der Waals surface area (Å²) in [4.78, 5) is 30.4. The van der Waals surface area contributed by atoms with Gasteiger partial charge in [0, 0.05) is 18.3 Å². The van der Waals surface area contributed by atoms with Crippen molar-refractivity contribution >= 4 is 46.5 Å². The number of benzene rings is 1. The molecule has 0 unspecified atom stereocenters. The van der Waals surface area contributed by atoms with Gasteiger partial charge in [0.15, 0.2) is 5.16 Å². The average molecular weight is 368 g/mol. The summed E-state index contributed by atoms with van der Waals surface area (Å²) in [5.74, 6) is -0.292. The van der Waals surface area contributed by atoms with Gasteiger partial charge in [-0.1, -0.05) is 29.4 Å². The van der Waals surface area contributed by atoms with E-state index in [1.807, 2.05) is 0 Å². The molecule has 2 N–H and O–H groups in total. The fourth-order valence-corrected chi connectivity index (χ4v) is 2.57. The first kappa shape index (κ1) is 18.0. The number of nitrogens with one attached hydrogen (secondary N) is 2. The minimum absolute atomic E-state index is 0.0264. The van der Waals surface area contributed by atoms with Gasteiger partial charge in [-0.3, -0.25) is 14.9 Å². The van der Waals surface area contributed by atoms with Crippen molar-refractivity contribution < 1.29 is 9.72 Å². The Morgan fingerprint density at radius 1 is 1.38 bits per heavy atom. The van der Waals surface area contributed by atoms with E-state index in [2.05, 4.69) is 20.6 Å². The van der Waals surface area contributed by atoms with Crippen molar-refractivity contribution in [2.24, 2.45) is 0 Å². The van der Waals surface area contributed by atoms with Crippen LogP contribution in [0.5, 0.6) is 0 Å². The van der Waals surface area contributed by atoms with E-state index >= 15 is 0 Å². The summed E-state index contributed by atoms with van der Waals surface area (Å²) >= 11 is 7.12. The van der Waals surface area contributed by atoms with Gasteiger partial charge in [0.25, 0.3) is 5.91 Å². The van der Waals surface area contributed by atoms with Gasteiger partial charge in [0.05, 0.1) is 4.92 Å². The third-order valence-electron chi connectivity index (χ3n) is 3.17. The fraction of sp³-hybridized carbons (Fsp3) is 0.214. The molecular weight excluding hydrogens is 354 g/mol. The second kappa shape index (κ2) is 7.45. The molecule has 24 heavy (non-hydrogen) atoms. The van der Waals surface area contributed by atoms with Crippen LogP contribution in [0.4, 0.5) is 17.2 Å². The minimum Gasteiger partial charge on any atom is -0.355 e. The molecule has 2 aromatic rings. The number of nitrogens with zero attached hydrogens (tertiary/aromatic N) is 3. The maximum atomic E-state index is 11.8. The van der Waals surface area contributed by atoms with Crippen LogP contribution in [0.1, 0.15) is 15.9 Å². The number of anilines is 2. The van der Waals surface area contributed by atoms with Gasteiger partial charge in [-0.05, 0) is 30.9 Å². The van der Waals surface area contributed by atoms with E-state index in [1.165, 1.54) is 18.8 Å². The van der Waals surface area contributed by atoms with Gasteiger partial charge >= 0.3 is 5.69 Å². The lowest BCUT2D eigenvalue weighted by molar-refractivity contribution is -0.384. The van der Waals surface area contributed by atoms with Crippen LogP contribution in [-0.4, -0.2) is 34.1 Å². The first-order chi connectivity index (χ1) is 11.4. The molecule has 0 aliphatic carbocycles. The molecular formula is C14H14ClN5O3S. The second-order valence-electron chi connectivity index (χ2n) is 4.69. The Bertz CT molecular complexity index is 815. The van der Waals surface area contributed by atoms with E-state index in [0.29, 0.717) is 16.4 Å². The quantitative estimate of drug-likeness (QED) is 0.274. The van der Waals surface area contributed by atoms with Crippen LogP contribution < -0.4 is 10.6 Å². The van der Waals surface area contributed by atoms with Gasteiger partial charge in [-0.15, -0.1) is 0 Å². The Hall–Kier alpha value is -2.39. The molecule has 126 valence electrons. The molecule has 0 bridgehead atoms. The molecule has 1 heterocycles. The van der Waals surface area contributed by atoms with Crippen molar-refractivity contribution in [1.29, 1.82) is 0 Å². The highest BCUT2D eigenvalue weighted by molar-refractivity contribution is 7.98. The van der Waals surface area contributed by atoms with Crippen LogP contribution in [0.15, 0.2) is 23.4 Å². The van der Waals surface area contributed by atoms with E-state index in [-0.39, 0.29) is 16.9 Å². The Balaban J connectivity index is 2.53. The lowest BCUT2D eigenvalue weighted by Crippen LogP contribution is -2.18. The predicted molar refractivity (Wildman–Crippen MR) is 93.3 cm³/mol. The topological polar surface area (TPSA) is 110 Å². The van der Waals surface area contributed by atoms with Crippen molar-refractivity contribution in [3.8, 4) is 0 Å². The summed E-state index contributed by atoms with van der Waals surface area (Å²) in [7, 11) is 1.52. The van der Waals surface area contributed by atoms with Crippen LogP contribution in [0.3, 0.4) is 0 Å². The third-order valence-corrected chi connectivity index (χ3v) is 3.98. The highest BCUT2D eigenvalue weighted by atomic mass is 35.5. The summed E-state index contributed by atoms with van der Waals surface area (Å²) in [6.45, 7) is 1.81. The molecule has 1 aromatic heterocycles. The number of hydrogen-bond donors (Lipinski definition) is 2. The first-order valence-corrected chi connectivity index (χ1v) is 8.33. The SMILES string of the molecule is CNC(=O)c1ccc(C)c(Nc2nc(SC)nc(Cl)c2[N+](=O)[O-])c1. The lowest BCUT2D eigenvalue weighted by Gasteiger charge is -2.12. The number of carbonyl (C=O) groups is 1. The monoisotopic (exact) mass is 367 g/mol. The molecule has 8 nitrogen and oxygen atoms in total. The van der Waals surface area contributed by atoms with Crippen LogP contribution >= 0.6 is 23.4 Å². The summed E-state index contributed by atoms with van der Waals surface area (Å²) in [6.07, 6.45) is 1.73. The summed E-state index contributed by atoms with van der Waals surface area (Å²) in [6, 6.07) is 4.98.